The average Bonchev–Trinajstić information content (AvgIpc) is 3.12. The second-order valence-electron chi connectivity index (χ2n) is 6.62. The van der Waals surface area contributed by atoms with E-state index in [1.54, 1.807) is 34.5 Å². The van der Waals surface area contributed by atoms with Crippen LogP contribution in [0.1, 0.15) is 39.1 Å². The molecule has 0 unspecified atom stereocenters. The van der Waals surface area contributed by atoms with Gasteiger partial charge in [-0.1, -0.05) is 36.4 Å². The molecule has 0 saturated carbocycles. The maximum atomic E-state index is 14.1. The molecule has 1 heterocycles. The van der Waals surface area contributed by atoms with E-state index < -0.39 is 11.7 Å². The first-order chi connectivity index (χ1) is 13.7. The number of hydrogen-bond donors (Lipinski definition) is 0. The lowest BCUT2D eigenvalue weighted by Crippen LogP contribution is -2.23. The Morgan fingerprint density at radius 1 is 1.07 bits per heavy atom. The summed E-state index contributed by atoms with van der Waals surface area (Å²) in [5, 5.41) is 2.28. The van der Waals surface area contributed by atoms with Crippen LogP contribution in [0.5, 0.6) is 0 Å². The predicted molar refractivity (Wildman–Crippen MR) is 103 cm³/mol. The molecule has 0 bridgehead atoms. The number of carbonyl (C=O) groups excluding carboxylic acids is 1. The fourth-order valence-electron chi connectivity index (χ4n) is 2.88. The van der Waals surface area contributed by atoms with E-state index >= 15 is 0 Å². The number of thiazole rings is 1. The summed E-state index contributed by atoms with van der Waals surface area (Å²) in [6.45, 7) is 2.06. The maximum Gasteiger partial charge on any atom is 0.416 e. The zero-order chi connectivity index (χ0) is 21.0. The van der Waals surface area contributed by atoms with Crippen LogP contribution in [-0.2, 0) is 25.8 Å². The standard InChI is InChI=1S/C21H18F4N2OS/c1-14(28)19-13-29-20(26-19)12-27(11-16-6-2-3-8-18(16)22)10-15-5-4-7-17(9-15)21(23,24)25/h2-9,13H,10-12H2,1H3. The van der Waals surface area contributed by atoms with Gasteiger partial charge in [0.15, 0.2) is 5.78 Å². The summed E-state index contributed by atoms with van der Waals surface area (Å²) in [6, 6.07) is 11.3. The molecule has 0 N–H and O–H groups in total. The Labute approximate surface area is 169 Å². The van der Waals surface area contributed by atoms with Gasteiger partial charge >= 0.3 is 6.18 Å². The quantitative estimate of drug-likeness (QED) is 0.361. The van der Waals surface area contributed by atoms with Gasteiger partial charge in [-0.15, -0.1) is 11.3 Å². The smallest absolute Gasteiger partial charge is 0.293 e. The number of rotatable bonds is 7. The molecule has 8 heteroatoms. The fourth-order valence-corrected chi connectivity index (χ4v) is 3.75. The van der Waals surface area contributed by atoms with Crippen LogP contribution in [0.3, 0.4) is 0 Å². The Bertz CT molecular complexity index is 1000. The van der Waals surface area contributed by atoms with Gasteiger partial charge < -0.3 is 0 Å². The van der Waals surface area contributed by atoms with Crippen molar-refractivity contribution in [1.29, 1.82) is 0 Å². The van der Waals surface area contributed by atoms with Gasteiger partial charge in [0, 0.05) is 31.0 Å². The summed E-state index contributed by atoms with van der Waals surface area (Å²) in [6.07, 6.45) is -4.43. The largest absolute Gasteiger partial charge is 0.416 e. The van der Waals surface area contributed by atoms with Crippen LogP contribution in [0.4, 0.5) is 17.6 Å². The number of Topliss-reactive ketones (excluding diaryl/α,β-unsaturated/α-hetero) is 1. The molecule has 2 aromatic carbocycles. The molecule has 3 rings (SSSR count). The summed E-state index contributed by atoms with van der Waals surface area (Å²) in [5.74, 6) is -0.545. The number of carbonyl (C=O) groups is 1. The number of halogens is 4. The second-order valence-corrected chi connectivity index (χ2v) is 7.56. The molecule has 0 aliphatic heterocycles. The van der Waals surface area contributed by atoms with E-state index in [0.29, 0.717) is 21.8 Å². The molecule has 0 atom stereocenters. The number of ketones is 1. The van der Waals surface area contributed by atoms with Crippen LogP contribution in [0.2, 0.25) is 0 Å². The first-order valence-electron chi connectivity index (χ1n) is 8.79. The van der Waals surface area contributed by atoms with Gasteiger partial charge in [-0.25, -0.2) is 9.37 Å². The van der Waals surface area contributed by atoms with Crippen LogP contribution < -0.4 is 0 Å². The van der Waals surface area contributed by atoms with E-state index in [-0.39, 0.29) is 31.2 Å². The summed E-state index contributed by atoms with van der Waals surface area (Å²) < 4.78 is 53.2. The highest BCUT2D eigenvalue weighted by atomic mass is 32.1. The lowest BCUT2D eigenvalue weighted by molar-refractivity contribution is -0.137. The normalized spacial score (nSPS) is 11.8. The molecular weight excluding hydrogens is 404 g/mol. The van der Waals surface area contributed by atoms with Gasteiger partial charge in [0.1, 0.15) is 16.5 Å². The van der Waals surface area contributed by atoms with Crippen molar-refractivity contribution in [3.05, 3.63) is 87.1 Å². The minimum absolute atomic E-state index is 0.161. The zero-order valence-electron chi connectivity index (χ0n) is 15.5. The van der Waals surface area contributed by atoms with E-state index in [4.69, 9.17) is 0 Å². The van der Waals surface area contributed by atoms with Crippen LogP contribution in [0, 0.1) is 5.82 Å². The summed E-state index contributed by atoms with van der Waals surface area (Å²) in [5.41, 5.74) is 0.506. The van der Waals surface area contributed by atoms with Crippen molar-refractivity contribution in [1.82, 2.24) is 9.88 Å². The van der Waals surface area contributed by atoms with Crippen LogP contribution in [-0.4, -0.2) is 15.7 Å². The number of nitrogens with zero attached hydrogens (tertiary/aromatic N) is 2. The maximum absolute atomic E-state index is 14.1. The number of aromatic nitrogens is 1. The molecule has 3 aromatic rings. The third-order valence-corrected chi connectivity index (χ3v) is 5.12. The Morgan fingerprint density at radius 3 is 2.48 bits per heavy atom. The molecule has 0 radical (unpaired) electrons. The molecule has 1 aromatic heterocycles. The minimum Gasteiger partial charge on any atom is -0.293 e. The monoisotopic (exact) mass is 422 g/mol. The molecular formula is C21H18F4N2OS. The SMILES string of the molecule is CC(=O)c1csc(CN(Cc2cccc(C(F)(F)F)c2)Cc2ccccc2F)n1. The topological polar surface area (TPSA) is 33.2 Å². The van der Waals surface area contributed by atoms with Crippen molar-refractivity contribution in [3.8, 4) is 0 Å². The van der Waals surface area contributed by atoms with Gasteiger partial charge in [0.2, 0.25) is 0 Å². The molecule has 152 valence electrons. The first kappa shape index (κ1) is 21.1. The highest BCUT2D eigenvalue weighted by Crippen LogP contribution is 2.30. The first-order valence-corrected chi connectivity index (χ1v) is 9.67. The molecule has 29 heavy (non-hydrogen) atoms. The average molecular weight is 422 g/mol. The fraction of sp³-hybridized carbons (Fsp3) is 0.238. The van der Waals surface area contributed by atoms with Crippen molar-refractivity contribution in [2.45, 2.75) is 32.7 Å². The second kappa shape index (κ2) is 8.84. The number of alkyl halides is 3. The van der Waals surface area contributed by atoms with Crippen molar-refractivity contribution in [2.24, 2.45) is 0 Å². The van der Waals surface area contributed by atoms with Gasteiger partial charge in [0.25, 0.3) is 0 Å². The molecule has 0 aliphatic rings. The van der Waals surface area contributed by atoms with Crippen molar-refractivity contribution >= 4 is 17.1 Å². The Balaban J connectivity index is 1.85. The lowest BCUT2D eigenvalue weighted by Gasteiger charge is -2.22. The van der Waals surface area contributed by atoms with E-state index in [0.717, 1.165) is 12.1 Å². The number of benzene rings is 2. The van der Waals surface area contributed by atoms with Gasteiger partial charge in [-0.05, 0) is 17.7 Å². The van der Waals surface area contributed by atoms with E-state index in [2.05, 4.69) is 4.98 Å². The third-order valence-electron chi connectivity index (χ3n) is 4.28. The third kappa shape index (κ3) is 5.71. The minimum atomic E-state index is -4.43. The van der Waals surface area contributed by atoms with Crippen LogP contribution in [0.25, 0.3) is 0 Å². The highest BCUT2D eigenvalue weighted by Gasteiger charge is 2.30. The molecule has 0 fully saturated rings. The Hall–Kier alpha value is -2.58. The van der Waals surface area contributed by atoms with E-state index in [1.165, 1.54) is 30.4 Å². The van der Waals surface area contributed by atoms with Crippen molar-refractivity contribution in [3.63, 3.8) is 0 Å². The lowest BCUT2D eigenvalue weighted by atomic mass is 10.1. The van der Waals surface area contributed by atoms with Crippen molar-refractivity contribution in [2.75, 3.05) is 0 Å². The predicted octanol–water partition coefficient (Wildman–Crippen LogP) is 5.71. The molecule has 0 amide bonds. The molecule has 0 aliphatic carbocycles. The van der Waals surface area contributed by atoms with Gasteiger partial charge in [0.05, 0.1) is 12.1 Å². The summed E-state index contributed by atoms with van der Waals surface area (Å²) in [7, 11) is 0. The Morgan fingerprint density at radius 2 is 1.83 bits per heavy atom. The molecule has 3 nitrogen and oxygen atoms in total. The van der Waals surface area contributed by atoms with E-state index in [1.807, 2.05) is 0 Å². The zero-order valence-corrected chi connectivity index (χ0v) is 16.4. The molecule has 0 saturated heterocycles. The van der Waals surface area contributed by atoms with Crippen LogP contribution in [0.15, 0.2) is 53.9 Å². The van der Waals surface area contributed by atoms with E-state index in [9.17, 15) is 22.4 Å². The summed E-state index contributed by atoms with van der Waals surface area (Å²) in [4.78, 5) is 17.5. The Kier molecular flexibility index (Phi) is 6.44. The van der Waals surface area contributed by atoms with Gasteiger partial charge in [-0.3, -0.25) is 9.69 Å². The van der Waals surface area contributed by atoms with Crippen molar-refractivity contribution < 1.29 is 22.4 Å². The molecule has 0 spiro atoms. The summed E-state index contributed by atoms with van der Waals surface area (Å²) >= 11 is 1.29. The van der Waals surface area contributed by atoms with Crippen LogP contribution >= 0.6 is 11.3 Å². The van der Waals surface area contributed by atoms with Gasteiger partial charge in [-0.2, -0.15) is 13.2 Å². The number of hydrogen-bond acceptors (Lipinski definition) is 4. The highest BCUT2D eigenvalue weighted by molar-refractivity contribution is 7.09.